The van der Waals surface area contributed by atoms with Gasteiger partial charge in [-0.05, 0) is 30.9 Å². The van der Waals surface area contributed by atoms with Gasteiger partial charge in [0.25, 0.3) is 5.91 Å². The zero-order valence-corrected chi connectivity index (χ0v) is 13.7. The fraction of sp³-hybridized carbons (Fsp3) is 0.529. The summed E-state index contributed by atoms with van der Waals surface area (Å²) in [4.78, 5) is 12.3. The molecule has 1 amide bonds. The van der Waals surface area contributed by atoms with E-state index in [9.17, 15) is 4.79 Å². The van der Waals surface area contributed by atoms with Gasteiger partial charge in [-0.15, -0.1) is 0 Å². The number of carbonyl (C=O) groups excluding carboxylic acids is 1. The SMILES string of the molecule is COCCNC(=O)c1ccc2nn(CC3CCC3)cc2c1OC. The van der Waals surface area contributed by atoms with Gasteiger partial charge in [-0.3, -0.25) is 9.48 Å². The van der Waals surface area contributed by atoms with Gasteiger partial charge in [-0.2, -0.15) is 5.10 Å². The molecule has 1 fully saturated rings. The third-order valence-electron chi connectivity index (χ3n) is 4.40. The highest BCUT2D eigenvalue weighted by Crippen LogP contribution is 2.31. The molecule has 1 N–H and O–H groups in total. The predicted octanol–water partition coefficient (Wildman–Crippen LogP) is 2.22. The van der Waals surface area contributed by atoms with E-state index in [-0.39, 0.29) is 5.91 Å². The first kappa shape index (κ1) is 15.8. The summed E-state index contributed by atoms with van der Waals surface area (Å²) in [5.41, 5.74) is 1.38. The molecule has 0 unspecified atom stereocenters. The maximum absolute atomic E-state index is 12.3. The van der Waals surface area contributed by atoms with Crippen LogP contribution in [0.2, 0.25) is 0 Å². The van der Waals surface area contributed by atoms with E-state index < -0.39 is 0 Å². The Hall–Kier alpha value is -2.08. The summed E-state index contributed by atoms with van der Waals surface area (Å²) in [5.74, 6) is 1.15. The van der Waals surface area contributed by atoms with Crippen LogP contribution in [-0.2, 0) is 11.3 Å². The molecule has 3 rings (SSSR count). The second-order valence-corrected chi connectivity index (χ2v) is 5.98. The van der Waals surface area contributed by atoms with E-state index in [1.807, 2.05) is 16.9 Å². The highest BCUT2D eigenvalue weighted by atomic mass is 16.5. The fourth-order valence-corrected chi connectivity index (χ4v) is 2.91. The first-order chi connectivity index (χ1) is 11.2. The van der Waals surface area contributed by atoms with E-state index in [1.165, 1.54) is 19.3 Å². The summed E-state index contributed by atoms with van der Waals surface area (Å²) < 4.78 is 12.4. The van der Waals surface area contributed by atoms with E-state index in [0.717, 1.165) is 23.4 Å². The number of hydrogen-bond acceptors (Lipinski definition) is 4. The van der Waals surface area contributed by atoms with Gasteiger partial charge in [0.05, 0.1) is 30.2 Å². The van der Waals surface area contributed by atoms with E-state index in [1.54, 1.807) is 20.3 Å². The summed E-state index contributed by atoms with van der Waals surface area (Å²) in [6.07, 6.45) is 5.86. The van der Waals surface area contributed by atoms with Crippen molar-refractivity contribution in [2.24, 2.45) is 5.92 Å². The Morgan fingerprint density at radius 1 is 1.39 bits per heavy atom. The van der Waals surface area contributed by atoms with Gasteiger partial charge in [0.15, 0.2) is 0 Å². The minimum absolute atomic E-state index is 0.160. The van der Waals surface area contributed by atoms with Crippen LogP contribution < -0.4 is 10.1 Å². The highest BCUT2D eigenvalue weighted by molar-refractivity contribution is 6.03. The molecule has 6 heteroatoms. The van der Waals surface area contributed by atoms with Crippen LogP contribution in [0.4, 0.5) is 0 Å². The van der Waals surface area contributed by atoms with Crippen molar-refractivity contribution in [1.82, 2.24) is 15.1 Å². The maximum atomic E-state index is 12.3. The smallest absolute Gasteiger partial charge is 0.255 e. The van der Waals surface area contributed by atoms with Crippen molar-refractivity contribution in [2.45, 2.75) is 25.8 Å². The van der Waals surface area contributed by atoms with E-state index >= 15 is 0 Å². The van der Waals surface area contributed by atoms with Crippen molar-refractivity contribution < 1.29 is 14.3 Å². The molecule has 0 saturated heterocycles. The van der Waals surface area contributed by atoms with Gasteiger partial charge in [0.2, 0.25) is 0 Å². The van der Waals surface area contributed by atoms with Crippen molar-refractivity contribution in [2.75, 3.05) is 27.4 Å². The lowest BCUT2D eigenvalue weighted by Crippen LogP contribution is -2.27. The van der Waals surface area contributed by atoms with Crippen LogP contribution in [0.3, 0.4) is 0 Å². The number of benzene rings is 1. The molecule has 124 valence electrons. The summed E-state index contributed by atoms with van der Waals surface area (Å²) >= 11 is 0. The quantitative estimate of drug-likeness (QED) is 0.795. The zero-order chi connectivity index (χ0) is 16.2. The third kappa shape index (κ3) is 3.32. The lowest BCUT2D eigenvalue weighted by atomic mass is 9.85. The third-order valence-corrected chi connectivity index (χ3v) is 4.40. The van der Waals surface area contributed by atoms with Crippen LogP contribution in [0.1, 0.15) is 29.6 Å². The molecule has 1 aliphatic rings. The number of hydrogen-bond donors (Lipinski definition) is 1. The number of ether oxygens (including phenoxy) is 2. The van der Waals surface area contributed by atoms with Crippen LogP contribution in [0.25, 0.3) is 10.9 Å². The first-order valence-corrected chi connectivity index (χ1v) is 8.04. The number of carbonyl (C=O) groups is 1. The molecule has 0 atom stereocenters. The van der Waals surface area contributed by atoms with E-state index in [0.29, 0.717) is 24.5 Å². The number of rotatable bonds is 7. The molecule has 0 spiro atoms. The van der Waals surface area contributed by atoms with Gasteiger partial charge in [0, 0.05) is 26.4 Å². The number of fused-ring (bicyclic) bond motifs is 1. The van der Waals surface area contributed by atoms with Gasteiger partial charge in [0.1, 0.15) is 5.75 Å². The van der Waals surface area contributed by atoms with Crippen LogP contribution >= 0.6 is 0 Å². The average Bonchev–Trinajstić information content (AvgIpc) is 2.92. The Kier molecular flexibility index (Phi) is 4.81. The molecule has 0 radical (unpaired) electrons. The summed E-state index contributed by atoms with van der Waals surface area (Å²) in [5, 5.41) is 8.31. The maximum Gasteiger partial charge on any atom is 0.255 e. The molecule has 1 heterocycles. The molecule has 2 aromatic rings. The Labute approximate surface area is 135 Å². The lowest BCUT2D eigenvalue weighted by Gasteiger charge is -2.24. The predicted molar refractivity (Wildman–Crippen MR) is 87.8 cm³/mol. The minimum atomic E-state index is -0.160. The Morgan fingerprint density at radius 2 is 2.22 bits per heavy atom. The second kappa shape index (κ2) is 7.00. The largest absolute Gasteiger partial charge is 0.495 e. The Morgan fingerprint density at radius 3 is 2.87 bits per heavy atom. The summed E-state index contributed by atoms with van der Waals surface area (Å²) in [6, 6.07) is 3.64. The highest BCUT2D eigenvalue weighted by Gasteiger charge is 2.20. The van der Waals surface area contributed by atoms with Gasteiger partial charge in [-0.25, -0.2) is 0 Å². The molecule has 1 aromatic carbocycles. The van der Waals surface area contributed by atoms with Gasteiger partial charge in [-0.1, -0.05) is 6.42 Å². The number of methoxy groups -OCH3 is 2. The van der Waals surface area contributed by atoms with Crippen molar-refractivity contribution >= 4 is 16.8 Å². The topological polar surface area (TPSA) is 65.4 Å². The fourth-order valence-electron chi connectivity index (χ4n) is 2.91. The average molecular weight is 317 g/mol. The molecule has 1 aliphatic carbocycles. The number of nitrogens with one attached hydrogen (secondary N) is 1. The lowest BCUT2D eigenvalue weighted by molar-refractivity contribution is 0.0934. The van der Waals surface area contributed by atoms with Crippen LogP contribution in [0, 0.1) is 5.92 Å². The number of nitrogens with zero attached hydrogens (tertiary/aromatic N) is 2. The van der Waals surface area contributed by atoms with Gasteiger partial charge >= 0.3 is 0 Å². The van der Waals surface area contributed by atoms with E-state index in [2.05, 4.69) is 10.4 Å². The minimum Gasteiger partial charge on any atom is -0.495 e. The molecule has 23 heavy (non-hydrogen) atoms. The van der Waals surface area contributed by atoms with Crippen LogP contribution in [-0.4, -0.2) is 43.1 Å². The molecule has 0 bridgehead atoms. The molecule has 6 nitrogen and oxygen atoms in total. The number of amides is 1. The summed E-state index contributed by atoms with van der Waals surface area (Å²) in [6.45, 7) is 1.89. The molecule has 1 aromatic heterocycles. The standard InChI is InChI=1S/C17H23N3O3/c1-22-9-8-18-17(21)13-6-7-15-14(16(13)23-2)11-20(19-15)10-12-4-3-5-12/h6-7,11-12H,3-5,8-10H2,1-2H3,(H,18,21). The molecular weight excluding hydrogens is 294 g/mol. The van der Waals surface area contributed by atoms with E-state index in [4.69, 9.17) is 9.47 Å². The van der Waals surface area contributed by atoms with Gasteiger partial charge < -0.3 is 14.8 Å². The zero-order valence-electron chi connectivity index (χ0n) is 13.7. The first-order valence-electron chi connectivity index (χ1n) is 8.04. The van der Waals surface area contributed by atoms with Crippen molar-refractivity contribution in [3.8, 4) is 5.75 Å². The normalized spacial score (nSPS) is 14.7. The van der Waals surface area contributed by atoms with Crippen molar-refractivity contribution in [3.05, 3.63) is 23.9 Å². The molecule has 0 aliphatic heterocycles. The monoisotopic (exact) mass is 317 g/mol. The second-order valence-electron chi connectivity index (χ2n) is 5.98. The summed E-state index contributed by atoms with van der Waals surface area (Å²) in [7, 11) is 3.19. The van der Waals surface area contributed by atoms with Crippen molar-refractivity contribution in [1.29, 1.82) is 0 Å². The molecule has 1 saturated carbocycles. The molecular formula is C17H23N3O3. The number of aromatic nitrogens is 2. The Balaban J connectivity index is 1.85. The Bertz CT molecular complexity index is 692. The van der Waals surface area contributed by atoms with Crippen LogP contribution in [0.15, 0.2) is 18.3 Å². The van der Waals surface area contributed by atoms with Crippen LogP contribution in [0.5, 0.6) is 5.75 Å². The van der Waals surface area contributed by atoms with Crippen molar-refractivity contribution in [3.63, 3.8) is 0 Å².